The maximum atomic E-state index is 9.24. The van der Waals surface area contributed by atoms with Crippen LogP contribution in [0.2, 0.25) is 0 Å². The van der Waals surface area contributed by atoms with E-state index < -0.39 is 0 Å². The molecule has 120 valence electrons. The minimum atomic E-state index is 0. The zero-order valence-electron chi connectivity index (χ0n) is 12.6. The molecule has 0 spiro atoms. The zero-order chi connectivity index (χ0) is 13.6. The summed E-state index contributed by atoms with van der Waals surface area (Å²) in [4.78, 5) is 4.88. The van der Waals surface area contributed by atoms with Gasteiger partial charge in [0.05, 0.1) is 19.8 Å². The number of morpholine rings is 1. The van der Waals surface area contributed by atoms with Crippen LogP contribution >= 0.6 is 12.4 Å². The van der Waals surface area contributed by atoms with E-state index in [1.165, 1.54) is 6.42 Å². The summed E-state index contributed by atoms with van der Waals surface area (Å²) < 4.78 is 5.37. The van der Waals surface area contributed by atoms with Crippen LogP contribution < -0.4 is 5.32 Å². The van der Waals surface area contributed by atoms with Gasteiger partial charge in [0.25, 0.3) is 0 Å². The smallest absolute Gasteiger partial charge is 0.0594 e. The topological polar surface area (TPSA) is 48.0 Å². The summed E-state index contributed by atoms with van der Waals surface area (Å²) in [5.41, 5.74) is 0.375. The lowest BCUT2D eigenvalue weighted by atomic mass is 9.89. The summed E-state index contributed by atoms with van der Waals surface area (Å²) in [7, 11) is 0. The summed E-state index contributed by atoms with van der Waals surface area (Å²) in [6, 6.07) is 0. The first kappa shape index (κ1) is 18.1. The second kappa shape index (κ2) is 9.18. The van der Waals surface area contributed by atoms with Crippen LogP contribution in [0.3, 0.4) is 0 Å². The van der Waals surface area contributed by atoms with Crippen LogP contribution in [0.25, 0.3) is 0 Å². The molecule has 0 bridgehead atoms. The fourth-order valence-corrected chi connectivity index (χ4v) is 3.06. The molecule has 0 aromatic rings. The van der Waals surface area contributed by atoms with E-state index in [-0.39, 0.29) is 19.0 Å². The molecule has 2 rings (SSSR count). The molecule has 2 aliphatic rings. The molecule has 0 aromatic heterocycles. The van der Waals surface area contributed by atoms with Crippen molar-refractivity contribution in [3.8, 4) is 0 Å². The number of hydrogen-bond donors (Lipinski definition) is 2. The third kappa shape index (κ3) is 5.84. The molecular weight excluding hydrogens is 278 g/mol. The van der Waals surface area contributed by atoms with Crippen LogP contribution in [0, 0.1) is 5.41 Å². The van der Waals surface area contributed by atoms with Gasteiger partial charge < -0.3 is 15.2 Å². The van der Waals surface area contributed by atoms with E-state index in [9.17, 15) is 5.11 Å². The van der Waals surface area contributed by atoms with E-state index in [1.54, 1.807) is 0 Å². The van der Waals surface area contributed by atoms with E-state index in [2.05, 4.69) is 22.0 Å². The van der Waals surface area contributed by atoms with Crippen LogP contribution in [0.1, 0.15) is 13.3 Å². The van der Waals surface area contributed by atoms with Crippen molar-refractivity contribution in [1.82, 2.24) is 15.1 Å². The van der Waals surface area contributed by atoms with Crippen LogP contribution in [0.4, 0.5) is 0 Å². The highest BCUT2D eigenvalue weighted by Gasteiger charge is 2.30. The standard InChI is InChI=1S/C14H29N3O2.ClH/c1-14(2-3-15-12-14)13-17(6-9-18)5-4-16-7-10-19-11-8-16;/h15,18H,2-13H2,1H3;1H. The summed E-state index contributed by atoms with van der Waals surface area (Å²) in [6.07, 6.45) is 1.24. The van der Waals surface area contributed by atoms with Crippen molar-refractivity contribution < 1.29 is 9.84 Å². The van der Waals surface area contributed by atoms with Gasteiger partial charge in [-0.15, -0.1) is 12.4 Å². The van der Waals surface area contributed by atoms with Crippen LogP contribution in [-0.4, -0.2) is 87.1 Å². The Morgan fingerprint density at radius 3 is 2.65 bits per heavy atom. The van der Waals surface area contributed by atoms with Crippen molar-refractivity contribution in [2.75, 3.05) is 72.2 Å². The molecule has 0 aromatic carbocycles. The number of nitrogens with zero attached hydrogens (tertiary/aromatic N) is 2. The molecule has 0 saturated carbocycles. The Balaban J connectivity index is 0.00000200. The number of rotatable bonds is 7. The van der Waals surface area contributed by atoms with Gasteiger partial charge in [0.15, 0.2) is 0 Å². The Kier molecular flexibility index (Phi) is 8.32. The van der Waals surface area contributed by atoms with Gasteiger partial charge in [-0.25, -0.2) is 0 Å². The SMILES string of the molecule is CC1(CN(CCO)CCN2CCOCC2)CCNC1.Cl. The van der Waals surface area contributed by atoms with Crippen LogP contribution in [-0.2, 0) is 4.74 Å². The first-order valence-electron chi connectivity index (χ1n) is 7.56. The van der Waals surface area contributed by atoms with Gasteiger partial charge >= 0.3 is 0 Å². The molecule has 5 nitrogen and oxygen atoms in total. The van der Waals surface area contributed by atoms with E-state index in [0.717, 1.165) is 65.6 Å². The number of aliphatic hydroxyl groups is 1. The number of hydrogen-bond acceptors (Lipinski definition) is 5. The highest BCUT2D eigenvalue weighted by molar-refractivity contribution is 5.85. The molecule has 2 saturated heterocycles. The van der Waals surface area contributed by atoms with Crippen molar-refractivity contribution in [2.24, 2.45) is 5.41 Å². The van der Waals surface area contributed by atoms with Gasteiger partial charge in [0.1, 0.15) is 0 Å². The van der Waals surface area contributed by atoms with Gasteiger partial charge in [-0.1, -0.05) is 6.92 Å². The maximum Gasteiger partial charge on any atom is 0.0594 e. The minimum Gasteiger partial charge on any atom is -0.395 e. The summed E-state index contributed by atoms with van der Waals surface area (Å²) >= 11 is 0. The molecule has 2 N–H and O–H groups in total. The number of halogens is 1. The lowest BCUT2D eigenvalue weighted by Gasteiger charge is -2.34. The average Bonchev–Trinajstić information content (AvgIpc) is 2.84. The maximum absolute atomic E-state index is 9.24. The molecule has 2 heterocycles. The van der Waals surface area contributed by atoms with Gasteiger partial charge in [-0.05, 0) is 18.4 Å². The summed E-state index contributed by atoms with van der Waals surface area (Å²) in [5, 5.41) is 12.7. The van der Waals surface area contributed by atoms with Crippen molar-refractivity contribution in [2.45, 2.75) is 13.3 Å². The van der Waals surface area contributed by atoms with Crippen molar-refractivity contribution in [1.29, 1.82) is 0 Å². The van der Waals surface area contributed by atoms with E-state index >= 15 is 0 Å². The number of nitrogens with one attached hydrogen (secondary N) is 1. The van der Waals surface area contributed by atoms with E-state index in [4.69, 9.17) is 4.74 Å². The summed E-state index contributed by atoms with van der Waals surface area (Å²) in [5.74, 6) is 0. The number of ether oxygens (including phenoxy) is 1. The molecule has 2 fully saturated rings. The first-order chi connectivity index (χ1) is 9.22. The largest absolute Gasteiger partial charge is 0.395 e. The summed E-state index contributed by atoms with van der Waals surface area (Å²) in [6.45, 7) is 12.7. The van der Waals surface area contributed by atoms with Gasteiger partial charge in [0, 0.05) is 45.8 Å². The van der Waals surface area contributed by atoms with Crippen molar-refractivity contribution in [3.63, 3.8) is 0 Å². The second-order valence-electron chi connectivity index (χ2n) is 6.19. The fraction of sp³-hybridized carbons (Fsp3) is 1.00. The van der Waals surface area contributed by atoms with Gasteiger partial charge in [-0.2, -0.15) is 0 Å². The molecule has 2 aliphatic heterocycles. The van der Waals surface area contributed by atoms with Crippen LogP contribution in [0.15, 0.2) is 0 Å². The fourth-order valence-electron chi connectivity index (χ4n) is 3.06. The third-order valence-corrected chi connectivity index (χ3v) is 4.31. The Hall–Kier alpha value is 0.0900. The van der Waals surface area contributed by atoms with E-state index in [1.807, 2.05) is 0 Å². The van der Waals surface area contributed by atoms with E-state index in [0.29, 0.717) is 5.41 Å². The van der Waals surface area contributed by atoms with Gasteiger partial charge in [-0.3, -0.25) is 9.80 Å². The molecule has 6 heteroatoms. The molecule has 0 aliphatic carbocycles. The molecule has 20 heavy (non-hydrogen) atoms. The first-order valence-corrected chi connectivity index (χ1v) is 7.56. The minimum absolute atomic E-state index is 0. The quantitative estimate of drug-likeness (QED) is 0.695. The molecule has 0 amide bonds. The average molecular weight is 308 g/mol. The second-order valence-corrected chi connectivity index (χ2v) is 6.19. The Morgan fingerprint density at radius 2 is 2.05 bits per heavy atom. The molecule has 1 unspecified atom stereocenters. The third-order valence-electron chi connectivity index (χ3n) is 4.31. The Labute approximate surface area is 129 Å². The van der Waals surface area contributed by atoms with Gasteiger partial charge in [0.2, 0.25) is 0 Å². The van der Waals surface area contributed by atoms with Crippen molar-refractivity contribution in [3.05, 3.63) is 0 Å². The zero-order valence-corrected chi connectivity index (χ0v) is 13.5. The monoisotopic (exact) mass is 307 g/mol. The molecule has 1 atom stereocenters. The van der Waals surface area contributed by atoms with Crippen molar-refractivity contribution >= 4 is 12.4 Å². The predicted octanol–water partition coefficient (Wildman–Crippen LogP) is 0.0343. The lowest BCUT2D eigenvalue weighted by Crippen LogP contribution is -2.45. The highest BCUT2D eigenvalue weighted by atomic mass is 35.5. The highest BCUT2D eigenvalue weighted by Crippen LogP contribution is 2.25. The molecular formula is C14H30ClN3O2. The Bertz CT molecular complexity index is 257. The normalized spacial score (nSPS) is 27.8. The number of aliphatic hydroxyl groups excluding tert-OH is 1. The molecule has 0 radical (unpaired) electrons. The Morgan fingerprint density at radius 1 is 1.30 bits per heavy atom. The lowest BCUT2D eigenvalue weighted by molar-refractivity contribution is 0.0300. The van der Waals surface area contributed by atoms with Crippen LogP contribution in [0.5, 0.6) is 0 Å². The predicted molar refractivity (Wildman–Crippen MR) is 83.6 cm³/mol.